The molecule has 0 amide bonds. The predicted octanol–water partition coefficient (Wildman–Crippen LogP) is 9.16. The first kappa shape index (κ1) is 22.9. The van der Waals surface area contributed by atoms with Gasteiger partial charge in [-0.2, -0.15) is 0 Å². The maximum absolute atomic E-state index is 2.73. The van der Waals surface area contributed by atoms with Crippen LogP contribution >= 0.6 is 0 Å². The third kappa shape index (κ3) is 3.75. The summed E-state index contributed by atoms with van der Waals surface area (Å²) in [4.78, 5) is 0. The minimum Gasteiger partial charge on any atom is -0.0851 e. The zero-order chi connectivity index (χ0) is 21.7. The van der Waals surface area contributed by atoms with E-state index in [1.54, 1.807) is 12.8 Å². The molecule has 0 aliphatic heterocycles. The van der Waals surface area contributed by atoms with Crippen molar-refractivity contribution < 1.29 is 0 Å². The van der Waals surface area contributed by atoms with Crippen LogP contribution in [-0.4, -0.2) is 0 Å². The molecule has 4 rings (SSSR count). The molecular weight excluding hydrogens is 360 g/mol. The van der Waals surface area contributed by atoms with Gasteiger partial charge in [0.1, 0.15) is 0 Å². The quantitative estimate of drug-likeness (QED) is 0.395. The lowest BCUT2D eigenvalue weighted by Gasteiger charge is -2.61. The largest absolute Gasteiger partial charge is 0.0851 e. The first-order chi connectivity index (χ1) is 14.2. The smallest absolute Gasteiger partial charge is 0.0213 e. The van der Waals surface area contributed by atoms with E-state index in [9.17, 15) is 0 Å². The predicted molar refractivity (Wildman–Crippen MR) is 131 cm³/mol. The molecule has 4 aliphatic rings. The Labute approximate surface area is 189 Å². The van der Waals surface area contributed by atoms with Gasteiger partial charge in [-0.3, -0.25) is 0 Å². The van der Waals surface area contributed by atoms with Crippen LogP contribution in [-0.2, 0) is 0 Å². The van der Waals surface area contributed by atoms with Crippen LogP contribution in [0.5, 0.6) is 0 Å². The molecule has 0 bridgehead atoms. The number of hydrogen-bond donors (Lipinski definition) is 0. The van der Waals surface area contributed by atoms with Crippen molar-refractivity contribution in [3.05, 3.63) is 12.2 Å². The minimum absolute atomic E-state index is 0.607. The fraction of sp³-hybridized carbons (Fsp3) is 0.933. The fourth-order valence-corrected chi connectivity index (χ4v) is 9.66. The highest BCUT2D eigenvalue weighted by molar-refractivity contribution is 5.11. The molecule has 9 unspecified atom stereocenters. The molecular formula is C30H52. The average Bonchev–Trinajstić information content (AvgIpc) is 3.06. The summed E-state index contributed by atoms with van der Waals surface area (Å²) in [6, 6.07) is 0. The van der Waals surface area contributed by atoms with E-state index >= 15 is 0 Å². The highest BCUT2D eigenvalue weighted by Crippen LogP contribution is 2.68. The van der Waals surface area contributed by atoms with E-state index in [2.05, 4.69) is 60.6 Å². The molecule has 4 aliphatic carbocycles. The molecule has 0 aromatic rings. The summed E-state index contributed by atoms with van der Waals surface area (Å²) >= 11 is 0. The van der Waals surface area contributed by atoms with Crippen molar-refractivity contribution in [2.24, 2.45) is 64.1 Å². The first-order valence-electron chi connectivity index (χ1n) is 13.9. The lowest BCUT2D eigenvalue weighted by Crippen LogP contribution is -2.53. The normalized spacial score (nSPS) is 48.3. The number of allylic oxidation sites excluding steroid dienone is 2. The third-order valence-electron chi connectivity index (χ3n) is 11.6. The summed E-state index contributed by atoms with van der Waals surface area (Å²) in [6.07, 6.45) is 20.2. The van der Waals surface area contributed by atoms with E-state index in [1.807, 2.05) is 0 Å². The van der Waals surface area contributed by atoms with Gasteiger partial charge in [-0.25, -0.2) is 0 Å². The van der Waals surface area contributed by atoms with Crippen LogP contribution < -0.4 is 0 Å². The molecule has 0 nitrogen and oxygen atoms in total. The van der Waals surface area contributed by atoms with Gasteiger partial charge in [0.15, 0.2) is 0 Å². The number of fused-ring (bicyclic) bond motifs is 5. The number of rotatable bonds is 5. The van der Waals surface area contributed by atoms with Gasteiger partial charge in [-0.15, -0.1) is 0 Å². The lowest BCUT2D eigenvalue weighted by atomic mass is 9.44. The number of hydrogen-bond acceptors (Lipinski definition) is 0. The van der Waals surface area contributed by atoms with Gasteiger partial charge in [0.2, 0.25) is 0 Å². The molecule has 4 fully saturated rings. The Morgan fingerprint density at radius 2 is 1.53 bits per heavy atom. The van der Waals surface area contributed by atoms with E-state index in [1.165, 1.54) is 51.4 Å². The van der Waals surface area contributed by atoms with Crippen molar-refractivity contribution >= 4 is 0 Å². The lowest BCUT2D eigenvalue weighted by molar-refractivity contribution is -0.118. The molecule has 0 aromatic carbocycles. The van der Waals surface area contributed by atoms with Gasteiger partial charge < -0.3 is 0 Å². The molecule has 0 N–H and O–H groups in total. The fourth-order valence-electron chi connectivity index (χ4n) is 9.66. The van der Waals surface area contributed by atoms with Crippen molar-refractivity contribution in [1.29, 1.82) is 0 Å². The maximum Gasteiger partial charge on any atom is -0.0213 e. The van der Waals surface area contributed by atoms with Crippen LogP contribution in [0.2, 0.25) is 0 Å². The minimum atomic E-state index is 0.607. The molecule has 30 heavy (non-hydrogen) atoms. The summed E-state index contributed by atoms with van der Waals surface area (Å²) in [7, 11) is 0. The van der Waals surface area contributed by atoms with Crippen LogP contribution in [0.4, 0.5) is 0 Å². The zero-order valence-electron chi connectivity index (χ0n) is 21.4. The van der Waals surface area contributed by atoms with Crippen molar-refractivity contribution in [3.63, 3.8) is 0 Å². The third-order valence-corrected chi connectivity index (χ3v) is 11.6. The Morgan fingerprint density at radius 1 is 0.833 bits per heavy atom. The van der Waals surface area contributed by atoms with Crippen LogP contribution in [0.1, 0.15) is 113 Å². The van der Waals surface area contributed by atoms with Gasteiger partial charge in [-0.1, -0.05) is 67.0 Å². The van der Waals surface area contributed by atoms with Gasteiger partial charge in [-0.05, 0) is 122 Å². The Hall–Kier alpha value is -0.260. The van der Waals surface area contributed by atoms with Crippen molar-refractivity contribution in [3.8, 4) is 0 Å². The summed E-state index contributed by atoms with van der Waals surface area (Å²) in [5.74, 6) is 8.32. The molecule has 0 saturated heterocycles. The Balaban J connectivity index is 1.49. The van der Waals surface area contributed by atoms with Gasteiger partial charge in [0.25, 0.3) is 0 Å². The molecule has 0 heterocycles. The Morgan fingerprint density at radius 3 is 2.23 bits per heavy atom. The molecule has 172 valence electrons. The van der Waals surface area contributed by atoms with Crippen molar-refractivity contribution in [1.82, 2.24) is 0 Å². The highest BCUT2D eigenvalue weighted by Gasteiger charge is 2.60. The summed E-state index contributed by atoms with van der Waals surface area (Å²) in [5, 5.41) is 0. The van der Waals surface area contributed by atoms with Crippen molar-refractivity contribution in [2.75, 3.05) is 0 Å². The van der Waals surface area contributed by atoms with E-state index in [0.717, 1.165) is 53.3 Å². The maximum atomic E-state index is 2.73. The summed E-state index contributed by atoms with van der Waals surface area (Å²) in [5.41, 5.74) is 1.28. The second kappa shape index (κ2) is 8.59. The second-order valence-electron chi connectivity index (χ2n) is 13.3. The van der Waals surface area contributed by atoms with Crippen LogP contribution in [0.15, 0.2) is 12.2 Å². The average molecular weight is 413 g/mol. The van der Waals surface area contributed by atoms with Crippen LogP contribution in [0, 0.1) is 64.1 Å². The molecule has 0 aromatic heterocycles. The highest BCUT2D eigenvalue weighted by atomic mass is 14.6. The molecule has 4 saturated carbocycles. The SMILES string of the molecule is CCC(/C=C/[C@@H](C)C1CCC2C3CCC4CC(C)CCC4(C)C3CCC21C)C(C)C. The van der Waals surface area contributed by atoms with E-state index < -0.39 is 0 Å². The van der Waals surface area contributed by atoms with Crippen LogP contribution in [0.25, 0.3) is 0 Å². The van der Waals surface area contributed by atoms with Gasteiger partial charge in [0, 0.05) is 0 Å². The molecule has 0 heteroatoms. The van der Waals surface area contributed by atoms with Crippen LogP contribution in [0.3, 0.4) is 0 Å². The van der Waals surface area contributed by atoms with E-state index in [4.69, 9.17) is 0 Å². The zero-order valence-corrected chi connectivity index (χ0v) is 21.4. The summed E-state index contributed by atoms with van der Waals surface area (Å²) in [6.45, 7) is 17.7. The van der Waals surface area contributed by atoms with Crippen molar-refractivity contribution in [2.45, 2.75) is 113 Å². The topological polar surface area (TPSA) is 0 Å². The Kier molecular flexibility index (Phi) is 6.56. The van der Waals surface area contributed by atoms with Gasteiger partial charge in [0.05, 0.1) is 0 Å². The molecule has 0 spiro atoms. The molecule has 0 radical (unpaired) electrons. The first-order valence-corrected chi connectivity index (χ1v) is 13.9. The van der Waals surface area contributed by atoms with Gasteiger partial charge >= 0.3 is 0 Å². The summed E-state index contributed by atoms with van der Waals surface area (Å²) < 4.78 is 0. The van der Waals surface area contributed by atoms with E-state index in [0.29, 0.717) is 10.8 Å². The van der Waals surface area contributed by atoms with E-state index in [-0.39, 0.29) is 0 Å². The Bertz CT molecular complexity index is 616. The monoisotopic (exact) mass is 412 g/mol. The second-order valence-corrected chi connectivity index (χ2v) is 13.3. The standard InChI is InChI=1S/C30H52/c1-8-23(20(2)3)10-9-22(5)26-13-14-27-25-12-11-24-19-21(4)15-17-29(24,6)28(25)16-18-30(26,27)7/h9-10,20-28H,8,11-19H2,1-7H3/b10-9+/t21?,22-,23?,24?,25?,26?,27?,28?,29?,30?/m1/s1. The molecule has 10 atom stereocenters.